The van der Waals surface area contributed by atoms with Crippen LogP contribution in [0.15, 0.2) is 12.3 Å². The molecule has 2 nitrogen and oxygen atoms in total. The fourth-order valence-corrected chi connectivity index (χ4v) is 0.931. The van der Waals surface area contributed by atoms with E-state index in [2.05, 4.69) is 49.3 Å². The van der Waals surface area contributed by atoms with Gasteiger partial charge in [-0.2, -0.15) is 0 Å². The third-order valence-corrected chi connectivity index (χ3v) is 2.06. The standard InChI is InChI=1S/C8H14N2/c1-7-5-6-9(3)8(2)10(7)4/h5-6H,1-4H3/q+2. The monoisotopic (exact) mass is 138 g/mol. The van der Waals surface area contributed by atoms with Gasteiger partial charge in [-0.3, -0.25) is 0 Å². The summed E-state index contributed by atoms with van der Waals surface area (Å²) in [5.41, 5.74) is 1.29. The zero-order valence-corrected chi connectivity index (χ0v) is 7.05. The van der Waals surface area contributed by atoms with Crippen molar-refractivity contribution >= 4 is 0 Å². The zero-order chi connectivity index (χ0) is 7.72. The number of aromatic nitrogens is 2. The maximum absolute atomic E-state index is 2.17. The van der Waals surface area contributed by atoms with Gasteiger partial charge in [-0.25, -0.2) is 0 Å². The molecule has 0 fully saturated rings. The second-order valence-corrected chi connectivity index (χ2v) is 2.67. The van der Waals surface area contributed by atoms with E-state index in [-0.39, 0.29) is 0 Å². The van der Waals surface area contributed by atoms with Crippen molar-refractivity contribution in [1.82, 2.24) is 0 Å². The first-order valence-corrected chi connectivity index (χ1v) is 3.45. The van der Waals surface area contributed by atoms with Crippen LogP contribution in [0.3, 0.4) is 0 Å². The van der Waals surface area contributed by atoms with Gasteiger partial charge in [-0.15, -0.1) is 9.13 Å². The van der Waals surface area contributed by atoms with Crippen LogP contribution >= 0.6 is 0 Å². The van der Waals surface area contributed by atoms with Crippen molar-refractivity contribution in [1.29, 1.82) is 0 Å². The van der Waals surface area contributed by atoms with E-state index in [1.54, 1.807) is 0 Å². The van der Waals surface area contributed by atoms with Gasteiger partial charge in [0.15, 0.2) is 11.9 Å². The lowest BCUT2D eigenvalue weighted by molar-refractivity contribution is -0.817. The van der Waals surface area contributed by atoms with Crippen LogP contribution in [0.5, 0.6) is 0 Å². The van der Waals surface area contributed by atoms with Crippen LogP contribution in [0.4, 0.5) is 0 Å². The third kappa shape index (κ3) is 1.01. The van der Waals surface area contributed by atoms with Crippen molar-refractivity contribution in [3.8, 4) is 0 Å². The Hall–Kier alpha value is -0.920. The highest BCUT2D eigenvalue weighted by atomic mass is 15.1. The molecule has 0 amide bonds. The van der Waals surface area contributed by atoms with E-state index in [1.165, 1.54) is 11.5 Å². The first kappa shape index (κ1) is 7.19. The molecule has 0 saturated carbocycles. The van der Waals surface area contributed by atoms with Crippen LogP contribution in [0.1, 0.15) is 11.5 Å². The summed E-state index contributed by atoms with van der Waals surface area (Å²) in [6, 6.07) is 2.10. The van der Waals surface area contributed by atoms with Gasteiger partial charge in [0, 0.05) is 6.92 Å². The van der Waals surface area contributed by atoms with Crippen molar-refractivity contribution in [2.24, 2.45) is 14.1 Å². The average molecular weight is 138 g/mol. The van der Waals surface area contributed by atoms with Crippen molar-refractivity contribution in [3.63, 3.8) is 0 Å². The third-order valence-electron chi connectivity index (χ3n) is 2.06. The quantitative estimate of drug-likeness (QED) is 0.444. The smallest absolute Gasteiger partial charge is 0.150 e. The summed E-state index contributed by atoms with van der Waals surface area (Å²) in [5, 5.41) is 0. The van der Waals surface area contributed by atoms with Crippen molar-refractivity contribution < 1.29 is 9.13 Å². The number of aryl methyl sites for hydroxylation is 2. The van der Waals surface area contributed by atoms with E-state index in [0.717, 1.165) is 0 Å². The van der Waals surface area contributed by atoms with Gasteiger partial charge < -0.3 is 0 Å². The average Bonchev–Trinajstić information content (AvgIpc) is 1.93. The van der Waals surface area contributed by atoms with Gasteiger partial charge in [-0.05, 0) is 0 Å². The molecule has 0 aliphatic rings. The minimum Gasteiger partial charge on any atom is -0.150 e. The van der Waals surface area contributed by atoms with Crippen LogP contribution < -0.4 is 9.13 Å². The molecule has 1 aromatic rings. The highest BCUT2D eigenvalue weighted by Gasteiger charge is 2.13. The molecule has 54 valence electrons. The van der Waals surface area contributed by atoms with Crippen LogP contribution in [0.2, 0.25) is 0 Å². The predicted molar refractivity (Wildman–Crippen MR) is 38.3 cm³/mol. The Morgan fingerprint density at radius 2 is 1.80 bits per heavy atom. The fourth-order valence-electron chi connectivity index (χ4n) is 0.931. The van der Waals surface area contributed by atoms with E-state index >= 15 is 0 Å². The minimum atomic E-state index is 1.26. The molecule has 0 spiro atoms. The van der Waals surface area contributed by atoms with E-state index in [4.69, 9.17) is 0 Å². The largest absolute Gasteiger partial charge is 0.414 e. The van der Waals surface area contributed by atoms with E-state index in [1.807, 2.05) is 0 Å². The Morgan fingerprint density at radius 3 is 2.30 bits per heavy atom. The van der Waals surface area contributed by atoms with Crippen LogP contribution in [-0.2, 0) is 14.1 Å². The van der Waals surface area contributed by atoms with Crippen LogP contribution in [-0.4, -0.2) is 0 Å². The Labute approximate surface area is 61.8 Å². The summed E-state index contributed by atoms with van der Waals surface area (Å²) in [4.78, 5) is 0. The molecule has 0 bridgehead atoms. The topological polar surface area (TPSA) is 7.76 Å². The molecule has 0 aliphatic carbocycles. The molecule has 1 heterocycles. The van der Waals surface area contributed by atoms with E-state index < -0.39 is 0 Å². The molecule has 0 aromatic carbocycles. The Bertz CT molecular complexity index is 227. The Kier molecular flexibility index (Phi) is 1.70. The van der Waals surface area contributed by atoms with Gasteiger partial charge in [0.2, 0.25) is 0 Å². The molecular formula is C8H14N2+2. The van der Waals surface area contributed by atoms with Gasteiger partial charge in [0.25, 0.3) is 0 Å². The number of nitrogens with zero attached hydrogens (tertiary/aromatic N) is 2. The molecule has 1 rings (SSSR count). The predicted octanol–water partition coefficient (Wildman–Crippen LogP) is -0.0476. The Morgan fingerprint density at radius 1 is 1.20 bits per heavy atom. The van der Waals surface area contributed by atoms with Gasteiger partial charge in [0.05, 0.1) is 13.0 Å². The zero-order valence-electron chi connectivity index (χ0n) is 7.05. The second-order valence-electron chi connectivity index (χ2n) is 2.67. The number of rotatable bonds is 0. The second kappa shape index (κ2) is 2.37. The molecule has 0 radical (unpaired) electrons. The Balaban J connectivity index is 3.34. The molecule has 10 heavy (non-hydrogen) atoms. The molecular weight excluding hydrogens is 124 g/mol. The normalized spacial score (nSPS) is 10.0. The van der Waals surface area contributed by atoms with Crippen molar-refractivity contribution in [2.75, 3.05) is 0 Å². The highest BCUT2D eigenvalue weighted by Crippen LogP contribution is 1.84. The lowest BCUT2D eigenvalue weighted by Gasteiger charge is -1.93. The number of hydrogen-bond donors (Lipinski definition) is 0. The van der Waals surface area contributed by atoms with E-state index in [0.29, 0.717) is 0 Å². The summed E-state index contributed by atoms with van der Waals surface area (Å²) in [6.45, 7) is 4.21. The molecule has 0 aliphatic heterocycles. The van der Waals surface area contributed by atoms with Crippen molar-refractivity contribution in [2.45, 2.75) is 13.8 Å². The lowest BCUT2D eigenvalue weighted by atomic mass is 10.4. The van der Waals surface area contributed by atoms with Crippen molar-refractivity contribution in [3.05, 3.63) is 23.8 Å². The summed E-state index contributed by atoms with van der Waals surface area (Å²) in [6.07, 6.45) is 2.07. The molecule has 0 saturated heterocycles. The molecule has 1 aromatic heterocycles. The first-order chi connectivity index (χ1) is 4.63. The van der Waals surface area contributed by atoms with E-state index in [9.17, 15) is 0 Å². The lowest BCUT2D eigenvalue weighted by Crippen LogP contribution is -2.49. The SMILES string of the molecule is Cc1cc[n+](C)c(C)[n+]1C. The summed E-state index contributed by atoms with van der Waals surface area (Å²) >= 11 is 0. The molecule has 2 heteroatoms. The number of hydrogen-bond acceptors (Lipinski definition) is 0. The molecule has 0 N–H and O–H groups in total. The molecule has 0 atom stereocenters. The van der Waals surface area contributed by atoms with Crippen LogP contribution in [0.25, 0.3) is 0 Å². The van der Waals surface area contributed by atoms with Gasteiger partial charge in [0.1, 0.15) is 14.1 Å². The highest BCUT2D eigenvalue weighted by molar-refractivity contribution is 4.84. The van der Waals surface area contributed by atoms with Gasteiger partial charge in [-0.1, -0.05) is 0 Å². The molecule has 0 unspecified atom stereocenters. The fraction of sp³-hybridized carbons (Fsp3) is 0.500. The summed E-state index contributed by atoms with van der Waals surface area (Å²) < 4.78 is 4.27. The summed E-state index contributed by atoms with van der Waals surface area (Å²) in [7, 11) is 4.12. The maximum atomic E-state index is 2.17. The first-order valence-electron chi connectivity index (χ1n) is 3.45. The maximum Gasteiger partial charge on any atom is 0.414 e. The van der Waals surface area contributed by atoms with Gasteiger partial charge >= 0.3 is 5.82 Å². The minimum absolute atomic E-state index is 1.26. The summed E-state index contributed by atoms with van der Waals surface area (Å²) in [5.74, 6) is 1.26. The van der Waals surface area contributed by atoms with Crippen LogP contribution in [0, 0.1) is 13.8 Å².